The van der Waals surface area contributed by atoms with Crippen LogP contribution in [0.3, 0.4) is 0 Å². The Morgan fingerprint density at radius 3 is 2.61 bits per heavy atom. The van der Waals surface area contributed by atoms with E-state index in [0.717, 1.165) is 11.4 Å². The molecule has 94 valence electrons. The molecule has 0 bridgehead atoms. The van der Waals surface area contributed by atoms with Crippen LogP contribution in [-0.4, -0.2) is 14.9 Å². The molecule has 3 N–H and O–H groups in total. The highest BCUT2D eigenvalue weighted by molar-refractivity contribution is 7.80. The van der Waals surface area contributed by atoms with Gasteiger partial charge in [0.2, 0.25) is 0 Å². The molecule has 0 saturated carbocycles. The van der Waals surface area contributed by atoms with Crippen LogP contribution in [0.5, 0.6) is 0 Å². The van der Waals surface area contributed by atoms with Crippen LogP contribution >= 0.6 is 12.2 Å². The topological polar surface area (TPSA) is 55.9 Å². The molecule has 18 heavy (non-hydrogen) atoms. The smallest absolute Gasteiger partial charge is 0.168 e. The highest BCUT2D eigenvalue weighted by atomic mass is 32.1. The standard InChI is InChI=1S/C12H13FN4S/c1-7-5-8(2)17(16-7)11-4-3-9(6-10(11)13)15-12(14)18/h3-6H,1-2H3,(H3,14,15,18). The Hall–Kier alpha value is -1.95. The van der Waals surface area contributed by atoms with E-state index >= 15 is 0 Å². The van der Waals surface area contributed by atoms with Crippen molar-refractivity contribution in [3.05, 3.63) is 41.5 Å². The largest absolute Gasteiger partial charge is 0.376 e. The van der Waals surface area contributed by atoms with Crippen molar-refractivity contribution in [2.75, 3.05) is 5.32 Å². The first kappa shape index (κ1) is 12.5. The minimum absolute atomic E-state index is 0.105. The molecule has 0 spiro atoms. The number of nitrogens with two attached hydrogens (primary N) is 1. The van der Waals surface area contributed by atoms with Gasteiger partial charge in [-0.05, 0) is 50.3 Å². The second kappa shape index (κ2) is 4.73. The maximum Gasteiger partial charge on any atom is 0.168 e. The van der Waals surface area contributed by atoms with Crippen LogP contribution in [0.1, 0.15) is 11.4 Å². The van der Waals surface area contributed by atoms with Gasteiger partial charge in [0.15, 0.2) is 10.9 Å². The van der Waals surface area contributed by atoms with Gasteiger partial charge in [0.25, 0.3) is 0 Å². The molecule has 4 nitrogen and oxygen atoms in total. The Bertz CT molecular complexity index is 606. The first-order valence-electron chi connectivity index (χ1n) is 5.37. The fraction of sp³-hybridized carbons (Fsp3) is 0.167. The van der Waals surface area contributed by atoms with E-state index in [4.69, 9.17) is 18.0 Å². The molecule has 0 radical (unpaired) electrons. The van der Waals surface area contributed by atoms with Crippen molar-refractivity contribution in [3.63, 3.8) is 0 Å². The minimum Gasteiger partial charge on any atom is -0.376 e. The molecule has 0 unspecified atom stereocenters. The monoisotopic (exact) mass is 264 g/mol. The first-order chi connectivity index (χ1) is 8.47. The Balaban J connectivity index is 2.41. The van der Waals surface area contributed by atoms with Gasteiger partial charge in [-0.25, -0.2) is 9.07 Å². The number of hydrogen-bond acceptors (Lipinski definition) is 2. The van der Waals surface area contributed by atoms with Crippen LogP contribution in [0.25, 0.3) is 5.69 Å². The summed E-state index contributed by atoms with van der Waals surface area (Å²) in [6.45, 7) is 3.74. The summed E-state index contributed by atoms with van der Waals surface area (Å²) >= 11 is 4.70. The molecule has 1 aromatic carbocycles. The summed E-state index contributed by atoms with van der Waals surface area (Å²) in [6, 6.07) is 6.56. The lowest BCUT2D eigenvalue weighted by Gasteiger charge is -2.08. The van der Waals surface area contributed by atoms with Gasteiger partial charge in [-0.15, -0.1) is 0 Å². The van der Waals surface area contributed by atoms with Gasteiger partial charge in [-0.1, -0.05) is 0 Å². The molecule has 1 heterocycles. The maximum atomic E-state index is 14.0. The molecule has 0 aliphatic rings. The lowest BCUT2D eigenvalue weighted by atomic mass is 10.2. The van der Waals surface area contributed by atoms with E-state index in [-0.39, 0.29) is 10.9 Å². The third kappa shape index (κ3) is 2.48. The van der Waals surface area contributed by atoms with Gasteiger partial charge in [0, 0.05) is 11.4 Å². The normalized spacial score (nSPS) is 10.4. The Labute approximate surface area is 110 Å². The number of benzene rings is 1. The van der Waals surface area contributed by atoms with E-state index in [1.54, 1.807) is 16.8 Å². The van der Waals surface area contributed by atoms with Crippen LogP contribution in [-0.2, 0) is 0 Å². The average molecular weight is 264 g/mol. The van der Waals surface area contributed by atoms with Gasteiger partial charge in [-0.2, -0.15) is 5.10 Å². The highest BCUT2D eigenvalue weighted by Gasteiger charge is 2.09. The number of thiocarbonyl (C=S) groups is 1. The molecule has 0 aliphatic heterocycles. The lowest BCUT2D eigenvalue weighted by Crippen LogP contribution is -2.19. The fourth-order valence-electron chi connectivity index (χ4n) is 1.77. The van der Waals surface area contributed by atoms with Gasteiger partial charge in [-0.3, -0.25) is 0 Å². The van der Waals surface area contributed by atoms with E-state index < -0.39 is 0 Å². The number of halogens is 1. The Morgan fingerprint density at radius 1 is 1.39 bits per heavy atom. The van der Waals surface area contributed by atoms with Crippen molar-refractivity contribution in [3.8, 4) is 5.69 Å². The van der Waals surface area contributed by atoms with Gasteiger partial charge in [0.05, 0.1) is 5.69 Å². The molecule has 0 amide bonds. The number of nitrogens with zero attached hydrogens (tertiary/aromatic N) is 2. The number of nitrogens with one attached hydrogen (secondary N) is 1. The molecule has 0 atom stereocenters. The minimum atomic E-state index is -0.387. The van der Waals surface area contributed by atoms with Crippen molar-refractivity contribution in [1.82, 2.24) is 9.78 Å². The maximum absolute atomic E-state index is 14.0. The van der Waals surface area contributed by atoms with Crippen molar-refractivity contribution in [2.24, 2.45) is 5.73 Å². The highest BCUT2D eigenvalue weighted by Crippen LogP contribution is 2.19. The van der Waals surface area contributed by atoms with E-state index in [1.807, 2.05) is 19.9 Å². The zero-order valence-electron chi connectivity index (χ0n) is 10.1. The SMILES string of the molecule is Cc1cc(C)n(-c2ccc(NC(N)=S)cc2F)n1. The number of hydrogen-bond donors (Lipinski definition) is 2. The van der Waals surface area contributed by atoms with Crippen molar-refractivity contribution in [2.45, 2.75) is 13.8 Å². The van der Waals surface area contributed by atoms with E-state index in [0.29, 0.717) is 11.4 Å². The van der Waals surface area contributed by atoms with Gasteiger partial charge in [0.1, 0.15) is 5.69 Å². The molecule has 1 aromatic heterocycles. The zero-order chi connectivity index (χ0) is 13.3. The molecule has 2 aromatic rings. The lowest BCUT2D eigenvalue weighted by molar-refractivity contribution is 0.608. The molecule has 6 heteroatoms. The van der Waals surface area contributed by atoms with E-state index in [9.17, 15) is 4.39 Å². The number of aromatic nitrogens is 2. The summed E-state index contributed by atoms with van der Waals surface area (Å²) in [5, 5.41) is 7.03. The zero-order valence-corrected chi connectivity index (χ0v) is 10.9. The summed E-state index contributed by atoms with van der Waals surface area (Å²) in [7, 11) is 0. The summed E-state index contributed by atoms with van der Waals surface area (Å²) in [5.74, 6) is -0.387. The average Bonchev–Trinajstić information content (AvgIpc) is 2.57. The van der Waals surface area contributed by atoms with Crippen molar-refractivity contribution >= 4 is 23.0 Å². The molecule has 2 rings (SSSR count). The number of rotatable bonds is 2. The van der Waals surface area contributed by atoms with Crippen LogP contribution < -0.4 is 11.1 Å². The quantitative estimate of drug-likeness (QED) is 0.817. The van der Waals surface area contributed by atoms with Crippen LogP contribution in [0.15, 0.2) is 24.3 Å². The molecular weight excluding hydrogens is 251 g/mol. The summed E-state index contributed by atoms with van der Waals surface area (Å²) in [5.41, 5.74) is 7.97. The third-order valence-corrected chi connectivity index (χ3v) is 2.56. The van der Waals surface area contributed by atoms with Crippen molar-refractivity contribution in [1.29, 1.82) is 0 Å². The van der Waals surface area contributed by atoms with E-state index in [1.165, 1.54) is 6.07 Å². The third-order valence-electron chi connectivity index (χ3n) is 2.45. The first-order valence-corrected chi connectivity index (χ1v) is 5.78. The fourth-order valence-corrected chi connectivity index (χ4v) is 1.89. The number of anilines is 1. The molecular formula is C12H13FN4S. The molecule has 0 saturated heterocycles. The predicted molar refractivity (Wildman–Crippen MR) is 73.4 cm³/mol. The summed E-state index contributed by atoms with van der Waals surface area (Å²) < 4.78 is 15.6. The second-order valence-electron chi connectivity index (χ2n) is 3.99. The molecule has 0 fully saturated rings. The van der Waals surface area contributed by atoms with Gasteiger partial charge >= 0.3 is 0 Å². The summed E-state index contributed by atoms with van der Waals surface area (Å²) in [4.78, 5) is 0. The Kier molecular flexibility index (Phi) is 3.29. The van der Waals surface area contributed by atoms with Crippen LogP contribution in [0.4, 0.5) is 10.1 Å². The van der Waals surface area contributed by atoms with E-state index in [2.05, 4.69) is 10.4 Å². The van der Waals surface area contributed by atoms with Crippen molar-refractivity contribution < 1.29 is 4.39 Å². The van der Waals surface area contributed by atoms with Gasteiger partial charge < -0.3 is 11.1 Å². The van der Waals surface area contributed by atoms with Crippen LogP contribution in [0, 0.1) is 19.7 Å². The predicted octanol–water partition coefficient (Wildman–Crippen LogP) is 2.28. The second-order valence-corrected chi connectivity index (χ2v) is 4.43. The summed E-state index contributed by atoms with van der Waals surface area (Å²) in [6.07, 6.45) is 0. The Morgan fingerprint density at radius 2 is 2.11 bits per heavy atom. The molecule has 0 aliphatic carbocycles. The van der Waals surface area contributed by atoms with Crippen LogP contribution in [0.2, 0.25) is 0 Å². The number of aryl methyl sites for hydroxylation is 2.